The van der Waals surface area contributed by atoms with Crippen molar-refractivity contribution < 1.29 is 9.50 Å². The summed E-state index contributed by atoms with van der Waals surface area (Å²) in [6.45, 7) is 5.96. The van der Waals surface area contributed by atoms with Gasteiger partial charge in [-0.2, -0.15) is 0 Å². The summed E-state index contributed by atoms with van der Waals surface area (Å²) in [5.41, 5.74) is 0.345. The summed E-state index contributed by atoms with van der Waals surface area (Å²) >= 11 is 5.75. The standard InChI is InChI=1S/C12H17ClFNO/c1-8(16)12(2,3)15-7-9-4-10(13)6-11(14)5-9/h4-6,8,15-16H,7H2,1-3H3. The van der Waals surface area contributed by atoms with Gasteiger partial charge in [0.1, 0.15) is 5.82 Å². The fourth-order valence-corrected chi connectivity index (χ4v) is 1.43. The highest BCUT2D eigenvalue weighted by Gasteiger charge is 2.22. The second-order valence-corrected chi connectivity index (χ2v) is 4.97. The molecule has 0 amide bonds. The number of halogens is 2. The van der Waals surface area contributed by atoms with Crippen molar-refractivity contribution in [3.8, 4) is 0 Å². The first-order valence-electron chi connectivity index (χ1n) is 5.19. The Morgan fingerprint density at radius 1 is 1.44 bits per heavy atom. The molecule has 0 saturated heterocycles. The van der Waals surface area contributed by atoms with E-state index in [9.17, 15) is 9.50 Å². The van der Waals surface area contributed by atoms with Crippen LogP contribution in [0, 0.1) is 5.82 Å². The number of nitrogens with one attached hydrogen (secondary N) is 1. The van der Waals surface area contributed by atoms with Crippen LogP contribution in [0.5, 0.6) is 0 Å². The Kier molecular flexibility index (Phi) is 4.30. The summed E-state index contributed by atoms with van der Waals surface area (Å²) in [5.74, 6) is -0.348. The van der Waals surface area contributed by atoms with Crippen molar-refractivity contribution in [2.75, 3.05) is 0 Å². The van der Waals surface area contributed by atoms with Crippen molar-refractivity contribution in [1.82, 2.24) is 5.32 Å². The van der Waals surface area contributed by atoms with Gasteiger partial charge >= 0.3 is 0 Å². The van der Waals surface area contributed by atoms with Gasteiger partial charge in [-0.3, -0.25) is 0 Å². The average Bonchev–Trinajstić information content (AvgIpc) is 2.13. The molecular weight excluding hydrogens is 229 g/mol. The van der Waals surface area contributed by atoms with Crippen molar-refractivity contribution in [2.24, 2.45) is 0 Å². The third-order valence-corrected chi connectivity index (χ3v) is 2.93. The molecule has 1 atom stereocenters. The molecule has 4 heteroatoms. The molecule has 1 unspecified atom stereocenters. The van der Waals surface area contributed by atoms with Gasteiger partial charge in [-0.05, 0) is 44.5 Å². The second kappa shape index (κ2) is 5.13. The van der Waals surface area contributed by atoms with Gasteiger partial charge in [-0.15, -0.1) is 0 Å². The van der Waals surface area contributed by atoms with Gasteiger partial charge < -0.3 is 10.4 Å². The van der Waals surface area contributed by atoms with Crippen molar-refractivity contribution in [2.45, 2.75) is 39.0 Å². The molecule has 0 radical (unpaired) electrons. The molecule has 16 heavy (non-hydrogen) atoms. The van der Waals surface area contributed by atoms with E-state index in [-0.39, 0.29) is 5.82 Å². The van der Waals surface area contributed by atoms with E-state index in [2.05, 4.69) is 5.32 Å². The Bertz CT molecular complexity index is 346. The molecule has 0 aliphatic carbocycles. The molecule has 0 heterocycles. The Hall–Kier alpha value is -0.640. The van der Waals surface area contributed by atoms with Crippen molar-refractivity contribution in [1.29, 1.82) is 0 Å². The third-order valence-electron chi connectivity index (χ3n) is 2.71. The fraction of sp³-hybridized carbons (Fsp3) is 0.500. The van der Waals surface area contributed by atoms with Crippen LogP contribution in [0.3, 0.4) is 0 Å². The van der Waals surface area contributed by atoms with Crippen LogP contribution in [0.4, 0.5) is 4.39 Å². The summed E-state index contributed by atoms with van der Waals surface area (Å²) in [6.07, 6.45) is -0.489. The minimum Gasteiger partial charge on any atom is -0.392 e. The molecule has 2 N–H and O–H groups in total. The molecule has 1 aromatic carbocycles. The van der Waals surface area contributed by atoms with E-state index < -0.39 is 11.6 Å². The number of rotatable bonds is 4. The summed E-state index contributed by atoms with van der Waals surface area (Å²) in [7, 11) is 0. The minimum absolute atomic E-state index is 0.348. The van der Waals surface area contributed by atoms with E-state index in [0.717, 1.165) is 5.56 Å². The van der Waals surface area contributed by atoms with Crippen molar-refractivity contribution in [3.63, 3.8) is 0 Å². The summed E-state index contributed by atoms with van der Waals surface area (Å²) in [6, 6.07) is 4.40. The van der Waals surface area contributed by atoms with Crippen LogP contribution in [-0.2, 0) is 6.54 Å². The molecule has 90 valence electrons. The van der Waals surface area contributed by atoms with Gasteiger partial charge in [-0.25, -0.2) is 4.39 Å². The number of aliphatic hydroxyl groups excluding tert-OH is 1. The summed E-state index contributed by atoms with van der Waals surface area (Å²) in [5, 5.41) is 13.0. The number of benzene rings is 1. The van der Waals surface area contributed by atoms with Crippen LogP contribution in [0.2, 0.25) is 5.02 Å². The van der Waals surface area contributed by atoms with E-state index in [1.807, 2.05) is 13.8 Å². The monoisotopic (exact) mass is 245 g/mol. The Balaban J connectivity index is 2.68. The summed E-state index contributed by atoms with van der Waals surface area (Å²) in [4.78, 5) is 0. The van der Waals surface area contributed by atoms with Gasteiger partial charge in [-0.1, -0.05) is 11.6 Å². The smallest absolute Gasteiger partial charge is 0.125 e. The molecule has 0 saturated carbocycles. The molecule has 1 aromatic rings. The summed E-state index contributed by atoms with van der Waals surface area (Å²) < 4.78 is 13.0. The molecule has 1 rings (SSSR count). The first kappa shape index (κ1) is 13.4. The number of hydrogen-bond acceptors (Lipinski definition) is 2. The van der Waals surface area contributed by atoms with Crippen LogP contribution in [-0.4, -0.2) is 16.7 Å². The third kappa shape index (κ3) is 3.74. The second-order valence-electron chi connectivity index (χ2n) is 4.53. The molecule has 0 aliphatic rings. The highest BCUT2D eigenvalue weighted by atomic mass is 35.5. The van der Waals surface area contributed by atoms with Gasteiger partial charge in [0.2, 0.25) is 0 Å². The van der Waals surface area contributed by atoms with Gasteiger partial charge in [0, 0.05) is 17.1 Å². The van der Waals surface area contributed by atoms with Crippen molar-refractivity contribution in [3.05, 3.63) is 34.6 Å². The predicted octanol–water partition coefficient (Wildman–Crippen LogP) is 2.73. The Morgan fingerprint density at radius 2 is 2.06 bits per heavy atom. The maximum Gasteiger partial charge on any atom is 0.125 e. The van der Waals surface area contributed by atoms with Crippen molar-refractivity contribution >= 4 is 11.6 Å². The maximum absolute atomic E-state index is 13.0. The minimum atomic E-state index is -0.489. The van der Waals surface area contributed by atoms with E-state index in [1.54, 1.807) is 13.0 Å². The average molecular weight is 246 g/mol. The van der Waals surface area contributed by atoms with Crippen LogP contribution in [0.15, 0.2) is 18.2 Å². The highest BCUT2D eigenvalue weighted by molar-refractivity contribution is 6.30. The first-order valence-corrected chi connectivity index (χ1v) is 5.57. The van der Waals surface area contributed by atoms with E-state index in [0.29, 0.717) is 11.6 Å². The van der Waals surface area contributed by atoms with Gasteiger partial charge in [0.05, 0.1) is 6.10 Å². The lowest BCUT2D eigenvalue weighted by molar-refractivity contribution is 0.0956. The zero-order valence-corrected chi connectivity index (χ0v) is 10.5. The SMILES string of the molecule is CC(O)C(C)(C)NCc1cc(F)cc(Cl)c1. The Labute approximate surface area is 100 Å². The topological polar surface area (TPSA) is 32.3 Å². The molecule has 0 spiro atoms. The molecule has 0 aliphatic heterocycles. The predicted molar refractivity (Wildman–Crippen MR) is 64.0 cm³/mol. The van der Waals surface area contributed by atoms with Crippen LogP contribution in [0.25, 0.3) is 0 Å². The maximum atomic E-state index is 13.0. The molecular formula is C12H17ClFNO. The van der Waals surface area contributed by atoms with E-state index in [4.69, 9.17) is 11.6 Å². The largest absolute Gasteiger partial charge is 0.392 e. The Morgan fingerprint density at radius 3 is 2.56 bits per heavy atom. The normalized spacial score (nSPS) is 13.9. The zero-order chi connectivity index (χ0) is 12.3. The molecule has 2 nitrogen and oxygen atoms in total. The number of hydrogen-bond donors (Lipinski definition) is 2. The molecule has 0 aromatic heterocycles. The lowest BCUT2D eigenvalue weighted by Gasteiger charge is -2.29. The zero-order valence-electron chi connectivity index (χ0n) is 9.72. The molecule has 0 bridgehead atoms. The fourth-order valence-electron chi connectivity index (χ4n) is 1.19. The quantitative estimate of drug-likeness (QED) is 0.855. The lowest BCUT2D eigenvalue weighted by Crippen LogP contribution is -2.47. The first-order chi connectivity index (χ1) is 7.31. The van der Waals surface area contributed by atoms with Crippen LogP contribution in [0.1, 0.15) is 26.3 Å². The van der Waals surface area contributed by atoms with E-state index >= 15 is 0 Å². The van der Waals surface area contributed by atoms with Gasteiger partial charge in [0.25, 0.3) is 0 Å². The van der Waals surface area contributed by atoms with Crippen LogP contribution < -0.4 is 5.32 Å². The van der Waals surface area contributed by atoms with Gasteiger partial charge in [0.15, 0.2) is 0 Å². The molecule has 0 fully saturated rings. The van der Waals surface area contributed by atoms with Crippen LogP contribution >= 0.6 is 11.6 Å². The number of aliphatic hydroxyl groups is 1. The van der Waals surface area contributed by atoms with E-state index in [1.165, 1.54) is 12.1 Å². The lowest BCUT2D eigenvalue weighted by atomic mass is 9.98. The highest BCUT2D eigenvalue weighted by Crippen LogP contribution is 2.15.